The summed E-state index contributed by atoms with van der Waals surface area (Å²) in [5.74, 6) is 2.47. The van der Waals surface area contributed by atoms with Crippen LogP contribution in [0.15, 0.2) is 27.8 Å². The van der Waals surface area contributed by atoms with Gasteiger partial charge in [-0.05, 0) is 43.9 Å². The predicted molar refractivity (Wildman–Crippen MR) is 101 cm³/mol. The highest BCUT2D eigenvalue weighted by Gasteiger charge is 2.09. The number of thioether (sulfide) groups is 1. The van der Waals surface area contributed by atoms with Gasteiger partial charge in [0.1, 0.15) is 11.9 Å². The standard InChI is InChI=1S/C14H25N3O2S.HI/c1-3-15-14(16-8-4-5-10-20-2)17-11-12(18)13-7-6-9-19-13;/h6-7,9,12,18H,3-5,8,10-11H2,1-2H3,(H2,15,16,17);1H. The van der Waals surface area contributed by atoms with Crippen LogP contribution in [0.3, 0.4) is 0 Å². The molecule has 5 nitrogen and oxygen atoms in total. The molecule has 122 valence electrons. The predicted octanol–water partition coefficient (Wildman–Crippen LogP) is 2.63. The van der Waals surface area contributed by atoms with E-state index < -0.39 is 6.10 Å². The molecule has 0 saturated heterocycles. The van der Waals surface area contributed by atoms with Crippen molar-refractivity contribution in [1.29, 1.82) is 0 Å². The zero-order valence-electron chi connectivity index (χ0n) is 12.7. The van der Waals surface area contributed by atoms with Crippen LogP contribution in [0.5, 0.6) is 0 Å². The number of aliphatic hydroxyl groups is 1. The second-order valence-corrected chi connectivity index (χ2v) is 5.36. The number of unbranched alkanes of at least 4 members (excludes halogenated alkanes) is 1. The fourth-order valence-electron chi connectivity index (χ4n) is 1.67. The van der Waals surface area contributed by atoms with Crippen molar-refractivity contribution in [3.8, 4) is 0 Å². The van der Waals surface area contributed by atoms with Crippen molar-refractivity contribution in [2.24, 2.45) is 4.99 Å². The largest absolute Gasteiger partial charge is 0.467 e. The van der Waals surface area contributed by atoms with E-state index in [0.717, 1.165) is 25.5 Å². The summed E-state index contributed by atoms with van der Waals surface area (Å²) in [7, 11) is 0. The van der Waals surface area contributed by atoms with E-state index >= 15 is 0 Å². The lowest BCUT2D eigenvalue weighted by Gasteiger charge is -2.12. The molecule has 1 unspecified atom stereocenters. The number of guanidine groups is 1. The Morgan fingerprint density at radius 3 is 2.86 bits per heavy atom. The van der Waals surface area contributed by atoms with E-state index in [1.54, 1.807) is 18.4 Å². The van der Waals surface area contributed by atoms with Crippen molar-refractivity contribution in [2.45, 2.75) is 25.9 Å². The molecule has 7 heteroatoms. The molecule has 0 radical (unpaired) electrons. The van der Waals surface area contributed by atoms with Crippen LogP contribution >= 0.6 is 35.7 Å². The molecule has 0 spiro atoms. The van der Waals surface area contributed by atoms with Crippen LogP contribution in [0, 0.1) is 0 Å². The Bertz CT molecular complexity index is 374. The van der Waals surface area contributed by atoms with Crippen LogP contribution in [-0.2, 0) is 0 Å². The normalized spacial score (nSPS) is 12.6. The topological polar surface area (TPSA) is 69.8 Å². The number of hydrogen-bond acceptors (Lipinski definition) is 4. The van der Waals surface area contributed by atoms with E-state index in [-0.39, 0.29) is 30.5 Å². The molecule has 1 rings (SSSR count). The van der Waals surface area contributed by atoms with Gasteiger partial charge in [-0.2, -0.15) is 11.8 Å². The van der Waals surface area contributed by atoms with Gasteiger partial charge in [-0.15, -0.1) is 24.0 Å². The first-order chi connectivity index (χ1) is 9.77. The van der Waals surface area contributed by atoms with Gasteiger partial charge in [0.25, 0.3) is 0 Å². The first-order valence-corrected chi connectivity index (χ1v) is 8.40. The van der Waals surface area contributed by atoms with E-state index in [1.807, 2.05) is 18.7 Å². The zero-order valence-corrected chi connectivity index (χ0v) is 15.8. The molecule has 21 heavy (non-hydrogen) atoms. The summed E-state index contributed by atoms with van der Waals surface area (Å²) in [5.41, 5.74) is 0. The Balaban J connectivity index is 0.00000400. The number of furan rings is 1. The third kappa shape index (κ3) is 9.26. The Kier molecular flexibility index (Phi) is 13.0. The Hall–Kier alpha value is -0.410. The second kappa shape index (κ2) is 13.3. The number of aliphatic imine (C=N–C) groups is 1. The van der Waals surface area contributed by atoms with E-state index in [0.29, 0.717) is 5.76 Å². The highest BCUT2D eigenvalue weighted by atomic mass is 127. The minimum absolute atomic E-state index is 0. The molecule has 1 atom stereocenters. The smallest absolute Gasteiger partial charge is 0.191 e. The molecule has 0 amide bonds. The van der Waals surface area contributed by atoms with E-state index in [2.05, 4.69) is 21.9 Å². The van der Waals surface area contributed by atoms with Crippen LogP contribution in [-0.4, -0.2) is 42.7 Å². The Morgan fingerprint density at radius 1 is 1.43 bits per heavy atom. The molecule has 0 aliphatic carbocycles. The molecular weight excluding hydrogens is 401 g/mol. The lowest BCUT2D eigenvalue weighted by Crippen LogP contribution is -2.38. The first kappa shape index (κ1) is 20.6. The number of nitrogens with one attached hydrogen (secondary N) is 2. The van der Waals surface area contributed by atoms with Crippen molar-refractivity contribution in [3.05, 3.63) is 24.2 Å². The first-order valence-electron chi connectivity index (χ1n) is 7.00. The van der Waals surface area contributed by atoms with Gasteiger partial charge in [0.15, 0.2) is 5.96 Å². The molecule has 1 aromatic rings. The van der Waals surface area contributed by atoms with Crippen LogP contribution < -0.4 is 10.6 Å². The highest BCUT2D eigenvalue weighted by molar-refractivity contribution is 14.0. The van der Waals surface area contributed by atoms with Crippen molar-refractivity contribution >= 4 is 41.7 Å². The van der Waals surface area contributed by atoms with Gasteiger partial charge in [-0.3, -0.25) is 4.99 Å². The van der Waals surface area contributed by atoms with Gasteiger partial charge >= 0.3 is 0 Å². The molecular formula is C14H26IN3O2S. The number of hydrogen-bond donors (Lipinski definition) is 3. The molecule has 1 aromatic heterocycles. The quantitative estimate of drug-likeness (QED) is 0.245. The number of rotatable bonds is 9. The zero-order chi connectivity index (χ0) is 14.6. The highest BCUT2D eigenvalue weighted by Crippen LogP contribution is 2.12. The lowest BCUT2D eigenvalue weighted by molar-refractivity contribution is 0.158. The molecule has 0 saturated carbocycles. The molecule has 3 N–H and O–H groups in total. The lowest BCUT2D eigenvalue weighted by atomic mass is 10.3. The number of halogens is 1. The fourth-order valence-corrected chi connectivity index (χ4v) is 2.16. The average Bonchev–Trinajstić information content (AvgIpc) is 2.98. The average molecular weight is 427 g/mol. The maximum atomic E-state index is 9.91. The van der Waals surface area contributed by atoms with Crippen molar-refractivity contribution in [3.63, 3.8) is 0 Å². The summed E-state index contributed by atoms with van der Waals surface area (Å²) in [6.45, 7) is 4.00. The molecule has 0 fully saturated rings. The van der Waals surface area contributed by atoms with Crippen molar-refractivity contribution in [2.75, 3.05) is 31.6 Å². The van der Waals surface area contributed by atoms with Gasteiger partial charge in [0.05, 0.1) is 12.8 Å². The maximum Gasteiger partial charge on any atom is 0.191 e. The van der Waals surface area contributed by atoms with E-state index in [1.165, 1.54) is 12.2 Å². The molecule has 0 bridgehead atoms. The van der Waals surface area contributed by atoms with E-state index in [9.17, 15) is 5.11 Å². The number of nitrogens with zero attached hydrogens (tertiary/aromatic N) is 1. The maximum absolute atomic E-state index is 9.91. The minimum atomic E-state index is -0.697. The van der Waals surface area contributed by atoms with Gasteiger partial charge in [0.2, 0.25) is 0 Å². The minimum Gasteiger partial charge on any atom is -0.467 e. The molecule has 1 heterocycles. The summed E-state index contributed by atoms with van der Waals surface area (Å²) in [4.78, 5) is 4.37. The van der Waals surface area contributed by atoms with Crippen LogP contribution in [0.4, 0.5) is 0 Å². The summed E-state index contributed by atoms with van der Waals surface area (Å²) < 4.78 is 5.15. The third-order valence-electron chi connectivity index (χ3n) is 2.71. The molecule has 0 aliphatic rings. The van der Waals surface area contributed by atoms with Crippen molar-refractivity contribution < 1.29 is 9.52 Å². The summed E-state index contributed by atoms with van der Waals surface area (Å²) in [6.07, 6.45) is 5.29. The van der Waals surface area contributed by atoms with Gasteiger partial charge < -0.3 is 20.2 Å². The monoisotopic (exact) mass is 427 g/mol. The molecule has 0 aliphatic heterocycles. The fraction of sp³-hybridized carbons (Fsp3) is 0.643. The van der Waals surface area contributed by atoms with Gasteiger partial charge in [-0.25, -0.2) is 0 Å². The summed E-state index contributed by atoms with van der Waals surface area (Å²) >= 11 is 1.87. The summed E-state index contributed by atoms with van der Waals surface area (Å²) in [6, 6.07) is 3.51. The Morgan fingerprint density at radius 2 is 2.24 bits per heavy atom. The molecule has 0 aromatic carbocycles. The summed E-state index contributed by atoms with van der Waals surface area (Å²) in [5, 5.41) is 16.3. The SMILES string of the molecule is CCNC(=NCC(O)c1ccco1)NCCCCSC.I. The van der Waals surface area contributed by atoms with Crippen LogP contribution in [0.2, 0.25) is 0 Å². The van der Waals surface area contributed by atoms with Crippen LogP contribution in [0.1, 0.15) is 31.6 Å². The Labute approximate surface area is 148 Å². The van der Waals surface area contributed by atoms with Crippen molar-refractivity contribution in [1.82, 2.24) is 10.6 Å². The van der Waals surface area contributed by atoms with E-state index in [4.69, 9.17) is 4.42 Å². The second-order valence-electron chi connectivity index (χ2n) is 4.38. The van der Waals surface area contributed by atoms with Gasteiger partial charge in [0, 0.05) is 13.1 Å². The van der Waals surface area contributed by atoms with Crippen LogP contribution in [0.25, 0.3) is 0 Å². The number of aliphatic hydroxyl groups excluding tert-OH is 1. The van der Waals surface area contributed by atoms with Gasteiger partial charge in [-0.1, -0.05) is 0 Å². The third-order valence-corrected chi connectivity index (χ3v) is 3.40.